The van der Waals surface area contributed by atoms with Crippen molar-refractivity contribution in [3.8, 4) is 11.8 Å². The predicted octanol–water partition coefficient (Wildman–Crippen LogP) is 2.93. The summed E-state index contributed by atoms with van der Waals surface area (Å²) in [6.45, 7) is 2.74. The third-order valence-corrected chi connectivity index (χ3v) is 2.34. The molecule has 16 heavy (non-hydrogen) atoms. The normalized spacial score (nSPS) is 10.4. The molecule has 0 bridgehead atoms. The van der Waals surface area contributed by atoms with E-state index in [1.165, 1.54) is 0 Å². The van der Waals surface area contributed by atoms with E-state index in [0.717, 1.165) is 6.54 Å². The maximum absolute atomic E-state index is 5.86. The first-order chi connectivity index (χ1) is 7.69. The zero-order valence-electron chi connectivity index (χ0n) is 8.85. The SMILES string of the molecule is CCn1cc(N)nc1Oc1cccc(Cl)c1. The first-order valence-corrected chi connectivity index (χ1v) is 5.33. The van der Waals surface area contributed by atoms with Crippen LogP contribution in [0.15, 0.2) is 30.5 Å². The molecule has 0 saturated heterocycles. The van der Waals surface area contributed by atoms with Gasteiger partial charge in [0.2, 0.25) is 0 Å². The van der Waals surface area contributed by atoms with E-state index in [-0.39, 0.29) is 0 Å². The van der Waals surface area contributed by atoms with Crippen LogP contribution in [0.5, 0.6) is 11.8 Å². The second kappa shape index (κ2) is 4.45. The van der Waals surface area contributed by atoms with Crippen molar-refractivity contribution in [1.82, 2.24) is 9.55 Å². The van der Waals surface area contributed by atoms with Gasteiger partial charge in [0.1, 0.15) is 11.6 Å². The van der Waals surface area contributed by atoms with Crippen molar-refractivity contribution in [2.45, 2.75) is 13.5 Å². The molecule has 0 amide bonds. The molecule has 0 unspecified atom stereocenters. The van der Waals surface area contributed by atoms with Crippen molar-refractivity contribution < 1.29 is 4.74 Å². The Hall–Kier alpha value is -1.68. The molecule has 0 aliphatic rings. The zero-order chi connectivity index (χ0) is 11.5. The van der Waals surface area contributed by atoms with E-state index in [2.05, 4.69) is 4.98 Å². The van der Waals surface area contributed by atoms with Gasteiger partial charge in [-0.3, -0.25) is 4.57 Å². The van der Waals surface area contributed by atoms with Gasteiger partial charge in [0.05, 0.1) is 6.20 Å². The quantitative estimate of drug-likeness (QED) is 0.893. The lowest BCUT2D eigenvalue weighted by Crippen LogP contribution is -1.96. The van der Waals surface area contributed by atoms with E-state index in [1.54, 1.807) is 18.3 Å². The minimum atomic E-state index is 0.443. The van der Waals surface area contributed by atoms with Gasteiger partial charge in [-0.2, -0.15) is 4.98 Å². The van der Waals surface area contributed by atoms with Crippen LogP contribution in [0.3, 0.4) is 0 Å². The summed E-state index contributed by atoms with van der Waals surface area (Å²) in [6.07, 6.45) is 1.74. The highest BCUT2D eigenvalue weighted by Crippen LogP contribution is 2.24. The molecule has 0 aliphatic carbocycles. The molecule has 4 nitrogen and oxygen atoms in total. The summed E-state index contributed by atoms with van der Waals surface area (Å²) >= 11 is 5.86. The summed E-state index contributed by atoms with van der Waals surface area (Å²) in [7, 11) is 0. The highest BCUT2D eigenvalue weighted by molar-refractivity contribution is 6.30. The number of hydrogen-bond donors (Lipinski definition) is 1. The number of benzene rings is 1. The molecule has 0 radical (unpaired) electrons. The standard InChI is InChI=1S/C11H12ClN3O/c1-2-15-7-10(13)14-11(15)16-9-5-3-4-8(12)6-9/h3-7H,2,13H2,1H3. The molecule has 5 heteroatoms. The van der Waals surface area contributed by atoms with Gasteiger partial charge >= 0.3 is 6.01 Å². The van der Waals surface area contributed by atoms with Crippen LogP contribution in [-0.2, 0) is 6.54 Å². The number of anilines is 1. The van der Waals surface area contributed by atoms with Crippen molar-refractivity contribution in [2.24, 2.45) is 0 Å². The second-order valence-electron chi connectivity index (χ2n) is 3.29. The van der Waals surface area contributed by atoms with Gasteiger partial charge in [0.15, 0.2) is 0 Å². The molecule has 2 rings (SSSR count). The Balaban J connectivity index is 2.26. The molecule has 84 valence electrons. The van der Waals surface area contributed by atoms with E-state index >= 15 is 0 Å². The molecular formula is C11H12ClN3O. The molecule has 1 aromatic carbocycles. The number of nitrogens with zero attached hydrogens (tertiary/aromatic N) is 2. The average molecular weight is 238 g/mol. The molecule has 2 N–H and O–H groups in total. The van der Waals surface area contributed by atoms with Crippen LogP contribution in [0.2, 0.25) is 5.02 Å². The minimum Gasteiger partial charge on any atom is -0.425 e. The van der Waals surface area contributed by atoms with Gasteiger partial charge in [-0.1, -0.05) is 17.7 Å². The number of rotatable bonds is 3. The van der Waals surface area contributed by atoms with E-state index < -0.39 is 0 Å². The fraction of sp³-hybridized carbons (Fsp3) is 0.182. The smallest absolute Gasteiger partial charge is 0.303 e. The van der Waals surface area contributed by atoms with Gasteiger partial charge < -0.3 is 10.5 Å². The van der Waals surface area contributed by atoms with Crippen LogP contribution in [0, 0.1) is 0 Å². The van der Waals surface area contributed by atoms with Crippen LogP contribution in [0.4, 0.5) is 5.82 Å². The molecule has 0 atom stereocenters. The van der Waals surface area contributed by atoms with E-state index in [1.807, 2.05) is 23.6 Å². The Morgan fingerprint density at radius 3 is 3.00 bits per heavy atom. The fourth-order valence-electron chi connectivity index (χ4n) is 1.36. The van der Waals surface area contributed by atoms with Crippen molar-refractivity contribution in [3.63, 3.8) is 0 Å². The number of imidazole rings is 1. The van der Waals surface area contributed by atoms with Crippen molar-refractivity contribution >= 4 is 17.4 Å². The van der Waals surface area contributed by atoms with Crippen molar-refractivity contribution in [1.29, 1.82) is 0 Å². The lowest BCUT2D eigenvalue weighted by Gasteiger charge is -2.06. The highest BCUT2D eigenvalue weighted by atomic mass is 35.5. The summed E-state index contributed by atoms with van der Waals surface area (Å²) < 4.78 is 7.42. The number of halogens is 1. The fourth-order valence-corrected chi connectivity index (χ4v) is 1.54. The van der Waals surface area contributed by atoms with E-state index in [9.17, 15) is 0 Å². The Morgan fingerprint density at radius 1 is 1.50 bits per heavy atom. The first-order valence-electron chi connectivity index (χ1n) is 4.95. The first kappa shape index (κ1) is 10.8. The summed E-state index contributed by atoms with van der Waals surface area (Å²) in [4.78, 5) is 4.08. The monoisotopic (exact) mass is 237 g/mol. The summed E-state index contributed by atoms with van der Waals surface area (Å²) in [5, 5.41) is 0.625. The van der Waals surface area contributed by atoms with Crippen LogP contribution in [0.1, 0.15) is 6.92 Å². The molecule has 0 fully saturated rings. The van der Waals surface area contributed by atoms with Crippen LogP contribution < -0.4 is 10.5 Å². The molecule has 0 saturated carbocycles. The van der Waals surface area contributed by atoms with E-state index in [4.69, 9.17) is 22.1 Å². The molecule has 0 spiro atoms. The summed E-state index contributed by atoms with van der Waals surface area (Å²) in [5.41, 5.74) is 5.60. The Kier molecular flexibility index (Phi) is 3.01. The predicted molar refractivity (Wildman–Crippen MR) is 63.8 cm³/mol. The number of aryl methyl sites for hydroxylation is 1. The lowest BCUT2D eigenvalue weighted by molar-refractivity contribution is 0.415. The largest absolute Gasteiger partial charge is 0.425 e. The van der Waals surface area contributed by atoms with Crippen LogP contribution >= 0.6 is 11.6 Å². The van der Waals surface area contributed by atoms with E-state index in [0.29, 0.717) is 22.6 Å². The Bertz CT molecular complexity index is 496. The third kappa shape index (κ3) is 2.28. The Morgan fingerprint density at radius 2 is 2.31 bits per heavy atom. The van der Waals surface area contributed by atoms with Crippen LogP contribution in [-0.4, -0.2) is 9.55 Å². The molecule has 0 aliphatic heterocycles. The second-order valence-corrected chi connectivity index (χ2v) is 3.73. The van der Waals surface area contributed by atoms with Crippen LogP contribution in [0.25, 0.3) is 0 Å². The lowest BCUT2D eigenvalue weighted by atomic mass is 10.3. The number of ether oxygens (including phenoxy) is 1. The van der Waals surface area contributed by atoms with Gasteiger partial charge in [0, 0.05) is 11.6 Å². The number of nitrogens with two attached hydrogens (primary N) is 1. The average Bonchev–Trinajstić information content (AvgIpc) is 2.59. The molecule has 2 aromatic rings. The van der Waals surface area contributed by atoms with Crippen molar-refractivity contribution in [2.75, 3.05) is 5.73 Å². The summed E-state index contributed by atoms with van der Waals surface area (Å²) in [5.74, 6) is 1.09. The third-order valence-electron chi connectivity index (χ3n) is 2.10. The minimum absolute atomic E-state index is 0.443. The molecule has 1 aromatic heterocycles. The number of nitrogen functional groups attached to an aromatic ring is 1. The van der Waals surface area contributed by atoms with Gasteiger partial charge in [-0.05, 0) is 25.1 Å². The zero-order valence-corrected chi connectivity index (χ0v) is 9.61. The summed E-state index contributed by atoms with van der Waals surface area (Å²) in [6, 6.07) is 7.63. The maximum Gasteiger partial charge on any atom is 0.303 e. The Labute approximate surface area is 98.6 Å². The molecule has 1 heterocycles. The van der Waals surface area contributed by atoms with Gasteiger partial charge in [-0.25, -0.2) is 0 Å². The topological polar surface area (TPSA) is 53.1 Å². The number of hydrogen-bond acceptors (Lipinski definition) is 3. The maximum atomic E-state index is 5.86. The van der Waals surface area contributed by atoms with Crippen molar-refractivity contribution in [3.05, 3.63) is 35.5 Å². The highest BCUT2D eigenvalue weighted by Gasteiger charge is 2.07. The molecular weight excluding hydrogens is 226 g/mol. The number of aromatic nitrogens is 2. The van der Waals surface area contributed by atoms with Gasteiger partial charge in [-0.15, -0.1) is 0 Å². The van der Waals surface area contributed by atoms with Gasteiger partial charge in [0.25, 0.3) is 0 Å².